The molecule has 0 aromatic heterocycles. The summed E-state index contributed by atoms with van der Waals surface area (Å²) in [4.78, 5) is 73.6. The van der Waals surface area contributed by atoms with E-state index in [0.29, 0.717) is 0 Å². The van der Waals surface area contributed by atoms with Crippen LogP contribution in [0, 0.1) is 0 Å². The molecule has 0 unspecified atom stereocenters. The van der Waals surface area contributed by atoms with E-state index in [2.05, 4.69) is 9.47 Å². The Hall–Kier alpha value is -5.32. The molecule has 5 rings (SSSR count). The van der Waals surface area contributed by atoms with Gasteiger partial charge >= 0.3 is 35.8 Å². The van der Waals surface area contributed by atoms with Gasteiger partial charge in [-0.3, -0.25) is 0 Å². The molecule has 196 valence electrons. The fourth-order valence-electron chi connectivity index (χ4n) is 4.10. The van der Waals surface area contributed by atoms with Crippen molar-refractivity contribution in [3.8, 4) is 0 Å². The smallest absolute Gasteiger partial charge is 0.346 e. The van der Waals surface area contributed by atoms with Crippen molar-refractivity contribution < 1.29 is 47.7 Å². The molecule has 11 heteroatoms. The first kappa shape index (κ1) is 25.3. The minimum absolute atomic E-state index is 0.00837. The number of carbonyl (C=O) groups excluding carboxylic acids is 6. The molecule has 3 aromatic rings. The van der Waals surface area contributed by atoms with Crippen LogP contribution in [0.2, 0.25) is 0 Å². The van der Waals surface area contributed by atoms with Gasteiger partial charge in [-0.1, -0.05) is 18.2 Å². The summed E-state index contributed by atoms with van der Waals surface area (Å²) in [5.41, 5.74) is 1.19. The van der Waals surface area contributed by atoms with Crippen LogP contribution in [-0.4, -0.2) is 62.1 Å². The van der Waals surface area contributed by atoms with Gasteiger partial charge in [-0.2, -0.15) is 0 Å². The number of rotatable bonds is 9. The Morgan fingerprint density at radius 2 is 1.03 bits per heavy atom. The Morgan fingerprint density at radius 1 is 0.590 bits per heavy atom. The zero-order valence-electron chi connectivity index (χ0n) is 20.2. The molecule has 0 amide bonds. The molecule has 2 aliphatic rings. The van der Waals surface area contributed by atoms with Gasteiger partial charge in [-0.15, -0.1) is 0 Å². The Bertz CT molecular complexity index is 1430. The van der Waals surface area contributed by atoms with Crippen LogP contribution >= 0.6 is 0 Å². The van der Waals surface area contributed by atoms with Crippen LogP contribution < -0.4 is 4.90 Å². The fraction of sp³-hybridized carbons (Fsp3) is 0.143. The number of ether oxygens (including phenoxy) is 4. The van der Waals surface area contributed by atoms with Gasteiger partial charge in [-0.05, 0) is 48.5 Å². The molecular formula is C28H19NO10. The van der Waals surface area contributed by atoms with E-state index in [9.17, 15) is 28.8 Å². The van der Waals surface area contributed by atoms with Crippen LogP contribution in [0.1, 0.15) is 62.1 Å². The fourth-order valence-corrected chi connectivity index (χ4v) is 4.10. The van der Waals surface area contributed by atoms with Gasteiger partial charge in [0.25, 0.3) is 0 Å². The van der Waals surface area contributed by atoms with Crippen LogP contribution in [0.5, 0.6) is 0 Å². The molecule has 2 heterocycles. The highest BCUT2D eigenvalue weighted by molar-refractivity contribution is 6.16. The number of cyclic esters (lactones) is 4. The molecule has 0 aliphatic carbocycles. The number of para-hydroxylation sites is 1. The lowest BCUT2D eigenvalue weighted by molar-refractivity contribution is 0.0425. The van der Waals surface area contributed by atoms with Crippen molar-refractivity contribution in [3.05, 3.63) is 100 Å². The van der Waals surface area contributed by atoms with E-state index in [0.717, 1.165) is 5.69 Å². The Balaban J connectivity index is 1.18. The standard InChI is InChI=1S/C28H19NO10/c30-23(16-6-8-19-21(14-16)27(34)38-25(19)32)36-12-10-29(18-4-2-1-3-5-18)11-13-37-24(31)17-7-9-20-22(15-17)28(35)39-26(20)33/h1-9,14-15H,10-13H2. The molecule has 0 bridgehead atoms. The third-order valence-electron chi connectivity index (χ3n) is 6.07. The van der Waals surface area contributed by atoms with Gasteiger partial charge in [0.05, 0.1) is 46.5 Å². The molecule has 2 aliphatic heterocycles. The van der Waals surface area contributed by atoms with Gasteiger partial charge in [-0.25, -0.2) is 28.8 Å². The van der Waals surface area contributed by atoms with E-state index >= 15 is 0 Å². The Morgan fingerprint density at radius 3 is 1.49 bits per heavy atom. The van der Waals surface area contributed by atoms with Crippen LogP contribution in [0.4, 0.5) is 5.69 Å². The van der Waals surface area contributed by atoms with Gasteiger partial charge in [0.2, 0.25) is 0 Å². The number of hydrogen-bond acceptors (Lipinski definition) is 11. The van der Waals surface area contributed by atoms with E-state index in [1.165, 1.54) is 36.4 Å². The normalized spacial score (nSPS) is 13.3. The first-order valence-corrected chi connectivity index (χ1v) is 11.8. The molecule has 0 spiro atoms. The number of carbonyl (C=O) groups is 6. The molecule has 0 atom stereocenters. The van der Waals surface area contributed by atoms with Crippen LogP contribution in [0.25, 0.3) is 0 Å². The lowest BCUT2D eigenvalue weighted by Gasteiger charge is -2.24. The minimum atomic E-state index is -0.817. The number of hydrogen-bond donors (Lipinski definition) is 0. The monoisotopic (exact) mass is 529 g/mol. The maximum atomic E-state index is 12.5. The van der Waals surface area contributed by atoms with Crippen molar-refractivity contribution in [3.63, 3.8) is 0 Å². The van der Waals surface area contributed by atoms with Crippen LogP contribution in [0.3, 0.4) is 0 Å². The summed E-state index contributed by atoms with van der Waals surface area (Å²) in [5.74, 6) is -4.52. The first-order valence-electron chi connectivity index (χ1n) is 11.8. The van der Waals surface area contributed by atoms with Crippen molar-refractivity contribution in [2.75, 3.05) is 31.2 Å². The number of esters is 6. The summed E-state index contributed by atoms with van der Waals surface area (Å²) >= 11 is 0. The summed E-state index contributed by atoms with van der Waals surface area (Å²) in [6.45, 7) is 0.462. The average molecular weight is 529 g/mol. The minimum Gasteiger partial charge on any atom is -0.460 e. The predicted octanol–water partition coefficient (Wildman–Crippen LogP) is 2.83. The SMILES string of the molecule is O=C(OCCN(CCOC(=O)c1ccc2c(c1)C(=O)OC2=O)c1ccccc1)c1ccc2c(c1)C(=O)OC2=O. The summed E-state index contributed by atoms with van der Waals surface area (Å²) < 4.78 is 19.8. The topological polar surface area (TPSA) is 143 Å². The van der Waals surface area contributed by atoms with Gasteiger partial charge < -0.3 is 23.8 Å². The Kier molecular flexibility index (Phi) is 6.87. The molecule has 0 fully saturated rings. The molecule has 11 nitrogen and oxygen atoms in total. The Labute approximate surface area is 220 Å². The number of anilines is 1. The zero-order chi connectivity index (χ0) is 27.5. The van der Waals surface area contributed by atoms with Gasteiger partial charge in [0, 0.05) is 5.69 Å². The summed E-state index contributed by atoms with van der Waals surface area (Å²) in [5, 5.41) is 0. The number of benzene rings is 3. The van der Waals surface area contributed by atoms with E-state index in [1.807, 2.05) is 35.2 Å². The zero-order valence-corrected chi connectivity index (χ0v) is 20.2. The predicted molar refractivity (Wildman–Crippen MR) is 132 cm³/mol. The van der Waals surface area contributed by atoms with Crippen molar-refractivity contribution in [2.24, 2.45) is 0 Å². The third-order valence-corrected chi connectivity index (χ3v) is 6.07. The molecule has 0 saturated carbocycles. The molecule has 0 N–H and O–H groups in total. The second kappa shape index (κ2) is 10.6. The molecule has 0 radical (unpaired) electrons. The molecule has 0 saturated heterocycles. The summed E-state index contributed by atoms with van der Waals surface area (Å²) in [7, 11) is 0. The van der Waals surface area contributed by atoms with Crippen molar-refractivity contribution in [1.82, 2.24) is 0 Å². The van der Waals surface area contributed by atoms with Crippen molar-refractivity contribution >= 4 is 41.5 Å². The lowest BCUT2D eigenvalue weighted by Crippen LogP contribution is -2.32. The number of fused-ring (bicyclic) bond motifs is 2. The largest absolute Gasteiger partial charge is 0.460 e. The lowest BCUT2D eigenvalue weighted by atomic mass is 10.1. The first-order chi connectivity index (χ1) is 18.8. The second-order valence-electron chi connectivity index (χ2n) is 8.47. The molecule has 39 heavy (non-hydrogen) atoms. The van der Waals surface area contributed by atoms with Crippen molar-refractivity contribution in [1.29, 1.82) is 0 Å². The van der Waals surface area contributed by atoms with E-state index in [1.54, 1.807) is 0 Å². The third kappa shape index (κ3) is 5.23. The summed E-state index contributed by atoms with van der Waals surface area (Å²) in [6, 6.07) is 17.1. The van der Waals surface area contributed by atoms with Gasteiger partial charge in [0.15, 0.2) is 0 Å². The molecule has 3 aromatic carbocycles. The van der Waals surface area contributed by atoms with E-state index < -0.39 is 35.8 Å². The quantitative estimate of drug-likeness (QED) is 0.229. The highest BCUT2D eigenvalue weighted by Gasteiger charge is 2.31. The molecular weight excluding hydrogens is 510 g/mol. The maximum Gasteiger partial charge on any atom is 0.346 e. The highest BCUT2D eigenvalue weighted by Crippen LogP contribution is 2.23. The van der Waals surface area contributed by atoms with Crippen LogP contribution in [0.15, 0.2) is 66.7 Å². The van der Waals surface area contributed by atoms with Crippen LogP contribution in [-0.2, 0) is 18.9 Å². The highest BCUT2D eigenvalue weighted by atomic mass is 16.6. The van der Waals surface area contributed by atoms with E-state index in [-0.39, 0.29) is 59.7 Å². The maximum absolute atomic E-state index is 12.5. The average Bonchev–Trinajstić information content (AvgIpc) is 3.40. The van der Waals surface area contributed by atoms with Crippen molar-refractivity contribution in [2.45, 2.75) is 0 Å². The van der Waals surface area contributed by atoms with Gasteiger partial charge in [0.1, 0.15) is 13.2 Å². The van der Waals surface area contributed by atoms with E-state index in [4.69, 9.17) is 9.47 Å². The summed E-state index contributed by atoms with van der Waals surface area (Å²) in [6.07, 6.45) is 0. The second-order valence-corrected chi connectivity index (χ2v) is 8.47. The number of nitrogens with zero attached hydrogens (tertiary/aromatic N) is 1.